The summed E-state index contributed by atoms with van der Waals surface area (Å²) in [5.41, 5.74) is 3.50. The number of nitrogens with one attached hydrogen (secondary N) is 1. The molecule has 27 heavy (non-hydrogen) atoms. The molecule has 1 N–H and O–H groups in total. The number of likely N-dealkylation sites (tertiary alicyclic amines) is 1. The normalized spacial score (nSPS) is 23.1. The highest BCUT2D eigenvalue weighted by atomic mass is 16.5. The zero-order valence-electron chi connectivity index (χ0n) is 15.0. The molecule has 0 saturated carbocycles. The van der Waals surface area contributed by atoms with Crippen LogP contribution in [0.2, 0.25) is 0 Å². The van der Waals surface area contributed by atoms with Gasteiger partial charge >= 0.3 is 0 Å². The number of ether oxygens (including phenoxy) is 1. The highest BCUT2D eigenvalue weighted by Crippen LogP contribution is 2.28. The van der Waals surface area contributed by atoms with Crippen LogP contribution < -0.4 is 0 Å². The summed E-state index contributed by atoms with van der Waals surface area (Å²) in [6, 6.07) is 12.4. The fourth-order valence-electron chi connectivity index (χ4n) is 4.27. The van der Waals surface area contributed by atoms with E-state index in [0.29, 0.717) is 6.54 Å². The van der Waals surface area contributed by atoms with E-state index in [4.69, 9.17) is 4.74 Å². The molecule has 2 aliphatic rings. The molecule has 5 rings (SSSR count). The van der Waals surface area contributed by atoms with Crippen molar-refractivity contribution in [2.75, 3.05) is 19.7 Å². The van der Waals surface area contributed by atoms with Gasteiger partial charge in [-0.25, -0.2) is 0 Å². The van der Waals surface area contributed by atoms with Gasteiger partial charge in [-0.15, -0.1) is 0 Å². The second-order valence-corrected chi connectivity index (χ2v) is 7.35. The molecule has 3 aromatic rings. The molecule has 2 fully saturated rings. The van der Waals surface area contributed by atoms with E-state index in [1.807, 2.05) is 29.3 Å². The Morgan fingerprint density at radius 1 is 1.15 bits per heavy atom. The highest BCUT2D eigenvalue weighted by Gasteiger charge is 2.43. The Morgan fingerprint density at radius 2 is 2.07 bits per heavy atom. The minimum absolute atomic E-state index is 0.0639. The molecule has 2 aliphatic heterocycles. The van der Waals surface area contributed by atoms with Gasteiger partial charge in [0, 0.05) is 55.7 Å². The van der Waals surface area contributed by atoms with Crippen LogP contribution in [0.3, 0.4) is 0 Å². The van der Waals surface area contributed by atoms with Crippen molar-refractivity contribution >= 4 is 16.8 Å². The summed E-state index contributed by atoms with van der Waals surface area (Å²) in [5.74, 6) is 0.0639. The lowest BCUT2D eigenvalue weighted by Crippen LogP contribution is -2.53. The molecule has 1 aromatic carbocycles. The van der Waals surface area contributed by atoms with Crippen LogP contribution in [0, 0.1) is 0 Å². The van der Waals surface area contributed by atoms with Gasteiger partial charge < -0.3 is 14.6 Å². The quantitative estimate of drug-likeness (QED) is 0.773. The number of morpholine rings is 1. The van der Waals surface area contributed by atoms with Gasteiger partial charge in [-0.05, 0) is 23.3 Å². The van der Waals surface area contributed by atoms with E-state index < -0.39 is 0 Å². The SMILES string of the molecule is O=C1COC2CN(Cc3c[nH]c4ccccc34)CC2N1Cc1cccnc1. The van der Waals surface area contributed by atoms with Crippen molar-refractivity contribution in [2.24, 2.45) is 0 Å². The number of carbonyl (C=O) groups excluding carboxylic acids is 1. The molecular formula is C21H22N4O2. The number of nitrogens with zero attached hydrogens (tertiary/aromatic N) is 3. The van der Waals surface area contributed by atoms with Crippen LogP contribution in [0.5, 0.6) is 0 Å². The van der Waals surface area contributed by atoms with Crippen LogP contribution in [0.25, 0.3) is 10.9 Å². The van der Waals surface area contributed by atoms with Gasteiger partial charge in [0.05, 0.1) is 12.1 Å². The summed E-state index contributed by atoms with van der Waals surface area (Å²) in [5, 5.41) is 1.26. The van der Waals surface area contributed by atoms with Crippen molar-refractivity contribution < 1.29 is 9.53 Å². The van der Waals surface area contributed by atoms with Gasteiger partial charge in [-0.1, -0.05) is 24.3 Å². The molecule has 0 radical (unpaired) electrons. The average Bonchev–Trinajstić information content (AvgIpc) is 3.30. The predicted octanol–water partition coefficient (Wildman–Crippen LogP) is 2.17. The summed E-state index contributed by atoms with van der Waals surface area (Å²) in [6.07, 6.45) is 5.75. The van der Waals surface area contributed by atoms with Crippen LogP contribution in [-0.4, -0.2) is 57.5 Å². The Hall–Kier alpha value is -2.70. The van der Waals surface area contributed by atoms with Crippen molar-refractivity contribution in [1.29, 1.82) is 0 Å². The molecule has 6 heteroatoms. The Kier molecular flexibility index (Phi) is 4.14. The fourth-order valence-corrected chi connectivity index (χ4v) is 4.27. The standard InChI is InChI=1S/C21H22N4O2/c26-21-14-27-20-13-24(11-16-9-23-18-6-2-1-5-17(16)18)12-19(20)25(21)10-15-4-3-7-22-8-15/h1-9,19-20,23H,10-14H2. The van der Waals surface area contributed by atoms with E-state index in [0.717, 1.165) is 30.7 Å². The van der Waals surface area contributed by atoms with Crippen molar-refractivity contribution in [3.05, 3.63) is 66.1 Å². The zero-order chi connectivity index (χ0) is 18.2. The molecule has 0 spiro atoms. The van der Waals surface area contributed by atoms with Crippen LogP contribution in [0.1, 0.15) is 11.1 Å². The monoisotopic (exact) mass is 362 g/mol. The van der Waals surface area contributed by atoms with Gasteiger partial charge in [-0.2, -0.15) is 0 Å². The third kappa shape index (κ3) is 3.11. The minimum Gasteiger partial charge on any atom is -0.365 e. The van der Waals surface area contributed by atoms with E-state index in [-0.39, 0.29) is 24.7 Å². The van der Waals surface area contributed by atoms with Gasteiger partial charge in [0.15, 0.2) is 0 Å². The fraction of sp³-hybridized carbons (Fsp3) is 0.333. The molecule has 2 atom stereocenters. The van der Waals surface area contributed by atoms with Crippen molar-refractivity contribution in [3.8, 4) is 0 Å². The maximum atomic E-state index is 12.5. The van der Waals surface area contributed by atoms with Crippen LogP contribution in [0.15, 0.2) is 55.0 Å². The lowest BCUT2D eigenvalue weighted by Gasteiger charge is -2.36. The van der Waals surface area contributed by atoms with E-state index in [1.165, 1.54) is 10.9 Å². The molecule has 0 bridgehead atoms. The third-order valence-corrected chi connectivity index (χ3v) is 5.60. The lowest BCUT2D eigenvalue weighted by atomic mass is 10.1. The lowest BCUT2D eigenvalue weighted by molar-refractivity contribution is -0.153. The minimum atomic E-state index is 0.0639. The second-order valence-electron chi connectivity index (χ2n) is 7.35. The van der Waals surface area contributed by atoms with E-state index in [1.54, 1.807) is 6.20 Å². The van der Waals surface area contributed by atoms with Gasteiger partial charge in [0.2, 0.25) is 5.91 Å². The number of H-pyrrole nitrogens is 1. The summed E-state index contributed by atoms with van der Waals surface area (Å²) in [6.45, 7) is 3.30. The second kappa shape index (κ2) is 6.79. The van der Waals surface area contributed by atoms with Crippen LogP contribution >= 0.6 is 0 Å². The summed E-state index contributed by atoms with van der Waals surface area (Å²) < 4.78 is 5.86. The summed E-state index contributed by atoms with van der Waals surface area (Å²) in [4.78, 5) is 24.4. The number of fused-ring (bicyclic) bond motifs is 2. The molecule has 2 saturated heterocycles. The van der Waals surface area contributed by atoms with Crippen molar-refractivity contribution in [1.82, 2.24) is 19.8 Å². The smallest absolute Gasteiger partial charge is 0.249 e. The van der Waals surface area contributed by atoms with E-state index in [9.17, 15) is 4.79 Å². The summed E-state index contributed by atoms with van der Waals surface area (Å²) in [7, 11) is 0. The number of amides is 1. The molecule has 1 amide bonds. The van der Waals surface area contributed by atoms with E-state index >= 15 is 0 Å². The number of aromatic amines is 1. The van der Waals surface area contributed by atoms with Gasteiger partial charge in [-0.3, -0.25) is 14.7 Å². The Morgan fingerprint density at radius 3 is 2.96 bits per heavy atom. The third-order valence-electron chi connectivity index (χ3n) is 5.60. The van der Waals surface area contributed by atoms with Crippen molar-refractivity contribution in [2.45, 2.75) is 25.2 Å². The number of pyridine rings is 1. The largest absolute Gasteiger partial charge is 0.365 e. The number of carbonyl (C=O) groups is 1. The first-order chi connectivity index (χ1) is 13.3. The molecule has 6 nitrogen and oxygen atoms in total. The number of hydrogen-bond acceptors (Lipinski definition) is 4. The van der Waals surface area contributed by atoms with Gasteiger partial charge in [0.1, 0.15) is 6.61 Å². The number of para-hydroxylation sites is 1. The number of aromatic nitrogens is 2. The first kappa shape index (κ1) is 16.5. The number of hydrogen-bond donors (Lipinski definition) is 1. The predicted molar refractivity (Wildman–Crippen MR) is 102 cm³/mol. The number of rotatable bonds is 4. The molecule has 138 valence electrons. The molecule has 2 aromatic heterocycles. The maximum absolute atomic E-state index is 12.5. The van der Waals surface area contributed by atoms with Gasteiger partial charge in [0.25, 0.3) is 0 Å². The first-order valence-corrected chi connectivity index (χ1v) is 9.35. The zero-order valence-corrected chi connectivity index (χ0v) is 15.0. The number of benzene rings is 1. The van der Waals surface area contributed by atoms with Crippen molar-refractivity contribution in [3.63, 3.8) is 0 Å². The Bertz CT molecular complexity index is 955. The van der Waals surface area contributed by atoms with Crippen LogP contribution in [-0.2, 0) is 22.6 Å². The van der Waals surface area contributed by atoms with E-state index in [2.05, 4.69) is 39.3 Å². The Balaban J connectivity index is 1.33. The van der Waals surface area contributed by atoms with Crippen LogP contribution in [0.4, 0.5) is 0 Å². The Labute approximate surface area is 157 Å². The topological polar surface area (TPSA) is 61.5 Å². The molecular weight excluding hydrogens is 340 g/mol. The molecule has 2 unspecified atom stereocenters. The molecule has 0 aliphatic carbocycles. The maximum Gasteiger partial charge on any atom is 0.249 e. The average molecular weight is 362 g/mol. The summed E-state index contributed by atoms with van der Waals surface area (Å²) >= 11 is 0. The first-order valence-electron chi connectivity index (χ1n) is 9.35. The highest BCUT2D eigenvalue weighted by molar-refractivity contribution is 5.83. The molecule has 4 heterocycles.